The van der Waals surface area contributed by atoms with Crippen molar-refractivity contribution in [2.24, 2.45) is 4.99 Å². The maximum atomic E-state index is 12.0. The van der Waals surface area contributed by atoms with Crippen molar-refractivity contribution in [1.82, 2.24) is 15.6 Å². The summed E-state index contributed by atoms with van der Waals surface area (Å²) < 4.78 is 5.11. The number of esters is 1. The molecule has 0 saturated heterocycles. The molecule has 2 unspecified atom stereocenters. The van der Waals surface area contributed by atoms with Gasteiger partial charge in [0.05, 0.1) is 18.3 Å². The normalized spacial score (nSPS) is 16.9. The number of benzene rings is 1. The Balaban J connectivity index is 1.55. The summed E-state index contributed by atoms with van der Waals surface area (Å²) in [5, 5.41) is 7.60. The van der Waals surface area contributed by atoms with E-state index in [1.54, 1.807) is 14.0 Å². The molecule has 3 rings (SSSR count). The van der Waals surface area contributed by atoms with E-state index in [0.717, 1.165) is 24.5 Å². The third-order valence-electron chi connectivity index (χ3n) is 5.21. The van der Waals surface area contributed by atoms with Gasteiger partial charge in [0.15, 0.2) is 5.96 Å². The number of anilines is 1. The number of carbonyl (C=O) groups is 1. The molecule has 1 aromatic heterocycles. The molecule has 30 heavy (non-hydrogen) atoms. The Morgan fingerprint density at radius 3 is 2.93 bits per heavy atom. The summed E-state index contributed by atoms with van der Waals surface area (Å²) >= 11 is 1.37. The quantitative estimate of drug-likeness (QED) is 0.399. The van der Waals surface area contributed by atoms with E-state index in [2.05, 4.69) is 56.7 Å². The maximum Gasteiger partial charge on any atom is 0.350 e. The summed E-state index contributed by atoms with van der Waals surface area (Å²) in [5.74, 6) is 0.404. The standard InChI is InChI=1S/C22H31N5O2S/c1-6-29-21(28)19-15(3)25-20(30-19)16(4)26-22(23-5)24-11-12-27-14(2)13-17-9-7-8-10-18(17)27/h7-10,14,16H,6,11-13H2,1-5H3,(H2,23,24,26). The molecule has 2 heterocycles. The molecule has 2 N–H and O–H groups in total. The monoisotopic (exact) mass is 429 g/mol. The number of para-hydroxylation sites is 1. The Kier molecular flexibility index (Phi) is 7.31. The van der Waals surface area contributed by atoms with Gasteiger partial charge in [-0.25, -0.2) is 9.78 Å². The van der Waals surface area contributed by atoms with Gasteiger partial charge in [-0.3, -0.25) is 4.99 Å². The van der Waals surface area contributed by atoms with Gasteiger partial charge in [-0.05, 0) is 45.7 Å². The van der Waals surface area contributed by atoms with Crippen molar-refractivity contribution in [3.63, 3.8) is 0 Å². The van der Waals surface area contributed by atoms with Crippen molar-refractivity contribution < 1.29 is 9.53 Å². The highest BCUT2D eigenvalue weighted by Gasteiger charge is 2.25. The van der Waals surface area contributed by atoms with E-state index in [4.69, 9.17) is 4.74 Å². The zero-order chi connectivity index (χ0) is 21.7. The lowest BCUT2D eigenvalue weighted by Gasteiger charge is -2.25. The Hall–Kier alpha value is -2.61. The summed E-state index contributed by atoms with van der Waals surface area (Å²) in [6.45, 7) is 9.94. The number of guanidine groups is 1. The van der Waals surface area contributed by atoms with Crippen LogP contribution in [-0.4, -0.2) is 49.7 Å². The van der Waals surface area contributed by atoms with Crippen LogP contribution in [0.15, 0.2) is 29.3 Å². The van der Waals surface area contributed by atoms with Gasteiger partial charge >= 0.3 is 5.97 Å². The first-order valence-electron chi connectivity index (χ1n) is 10.4. The molecule has 0 bridgehead atoms. The summed E-state index contributed by atoms with van der Waals surface area (Å²) in [5.41, 5.74) is 3.44. The molecular formula is C22H31N5O2S. The van der Waals surface area contributed by atoms with Gasteiger partial charge in [-0.1, -0.05) is 18.2 Å². The largest absolute Gasteiger partial charge is 0.462 e. The van der Waals surface area contributed by atoms with Crippen LogP contribution in [0.4, 0.5) is 5.69 Å². The minimum absolute atomic E-state index is 0.0745. The number of thiazole rings is 1. The van der Waals surface area contributed by atoms with E-state index in [1.165, 1.54) is 22.6 Å². The summed E-state index contributed by atoms with van der Waals surface area (Å²) in [6, 6.07) is 9.03. The van der Waals surface area contributed by atoms with Crippen LogP contribution in [0.25, 0.3) is 0 Å². The summed E-state index contributed by atoms with van der Waals surface area (Å²) in [6.07, 6.45) is 1.09. The zero-order valence-electron chi connectivity index (χ0n) is 18.4. The SMILES string of the molecule is CCOC(=O)c1sc(C(C)NC(=NC)NCCN2c3ccccc3CC2C)nc1C. The van der Waals surface area contributed by atoms with Gasteiger partial charge < -0.3 is 20.3 Å². The molecule has 1 aromatic carbocycles. The smallest absolute Gasteiger partial charge is 0.350 e. The highest BCUT2D eigenvalue weighted by atomic mass is 32.1. The van der Waals surface area contributed by atoms with Gasteiger partial charge in [0.1, 0.15) is 9.88 Å². The molecule has 2 atom stereocenters. The molecule has 0 fully saturated rings. The molecule has 162 valence electrons. The Morgan fingerprint density at radius 2 is 2.20 bits per heavy atom. The van der Waals surface area contributed by atoms with E-state index in [0.29, 0.717) is 29.2 Å². The van der Waals surface area contributed by atoms with Crippen molar-refractivity contribution in [3.8, 4) is 0 Å². The number of fused-ring (bicyclic) bond motifs is 1. The second-order valence-corrected chi connectivity index (χ2v) is 8.46. The topological polar surface area (TPSA) is 78.8 Å². The molecule has 0 radical (unpaired) electrons. The number of aryl methyl sites for hydroxylation is 1. The molecule has 2 aromatic rings. The molecule has 0 aliphatic carbocycles. The van der Waals surface area contributed by atoms with Gasteiger partial charge in [-0.15, -0.1) is 11.3 Å². The average Bonchev–Trinajstić information content (AvgIpc) is 3.27. The molecule has 0 saturated carbocycles. The van der Waals surface area contributed by atoms with E-state index in [9.17, 15) is 4.79 Å². The van der Waals surface area contributed by atoms with Crippen LogP contribution in [-0.2, 0) is 11.2 Å². The Labute approximate surface area is 182 Å². The van der Waals surface area contributed by atoms with Crippen LogP contribution >= 0.6 is 11.3 Å². The first kappa shape index (κ1) is 22.1. The molecule has 0 spiro atoms. The number of nitrogens with zero attached hydrogens (tertiary/aromatic N) is 3. The fraction of sp³-hybridized carbons (Fsp3) is 0.500. The van der Waals surface area contributed by atoms with Gasteiger partial charge in [-0.2, -0.15) is 0 Å². The predicted octanol–water partition coefficient (Wildman–Crippen LogP) is 3.31. The fourth-order valence-corrected chi connectivity index (χ4v) is 4.68. The second kappa shape index (κ2) is 9.93. The number of hydrogen-bond donors (Lipinski definition) is 2. The zero-order valence-corrected chi connectivity index (χ0v) is 19.2. The number of aliphatic imine (C=N–C) groups is 1. The maximum absolute atomic E-state index is 12.0. The van der Waals surface area contributed by atoms with E-state index < -0.39 is 0 Å². The van der Waals surface area contributed by atoms with Crippen LogP contribution in [0.1, 0.15) is 52.7 Å². The minimum Gasteiger partial charge on any atom is -0.462 e. The average molecular weight is 430 g/mol. The molecule has 7 nitrogen and oxygen atoms in total. The summed E-state index contributed by atoms with van der Waals surface area (Å²) in [7, 11) is 1.76. The predicted molar refractivity (Wildman–Crippen MR) is 123 cm³/mol. The van der Waals surface area contributed by atoms with E-state index in [-0.39, 0.29) is 12.0 Å². The lowest BCUT2D eigenvalue weighted by molar-refractivity contribution is 0.0531. The van der Waals surface area contributed by atoms with Crippen molar-refractivity contribution in [1.29, 1.82) is 0 Å². The fourth-order valence-electron chi connectivity index (χ4n) is 3.72. The van der Waals surface area contributed by atoms with Gasteiger partial charge in [0.2, 0.25) is 0 Å². The lowest BCUT2D eigenvalue weighted by Crippen LogP contribution is -2.43. The molecule has 1 aliphatic rings. The third kappa shape index (κ3) is 4.92. The number of nitrogens with one attached hydrogen (secondary N) is 2. The van der Waals surface area contributed by atoms with Crippen LogP contribution in [0.2, 0.25) is 0 Å². The van der Waals surface area contributed by atoms with Crippen molar-refractivity contribution in [2.45, 2.75) is 46.2 Å². The van der Waals surface area contributed by atoms with Crippen molar-refractivity contribution in [2.75, 3.05) is 31.6 Å². The minimum atomic E-state index is -0.312. The van der Waals surface area contributed by atoms with E-state index >= 15 is 0 Å². The highest BCUT2D eigenvalue weighted by molar-refractivity contribution is 7.13. The number of hydrogen-bond acceptors (Lipinski definition) is 6. The van der Waals surface area contributed by atoms with Crippen LogP contribution in [0.5, 0.6) is 0 Å². The Morgan fingerprint density at radius 1 is 1.43 bits per heavy atom. The summed E-state index contributed by atoms with van der Waals surface area (Å²) in [4.78, 5) is 23.9. The third-order valence-corrected chi connectivity index (χ3v) is 6.53. The molecule has 8 heteroatoms. The van der Waals surface area contributed by atoms with Crippen LogP contribution < -0.4 is 15.5 Å². The first-order chi connectivity index (χ1) is 14.4. The number of aromatic nitrogens is 1. The van der Waals surface area contributed by atoms with Crippen LogP contribution in [0.3, 0.4) is 0 Å². The van der Waals surface area contributed by atoms with Gasteiger partial charge in [0, 0.05) is 31.9 Å². The lowest BCUT2D eigenvalue weighted by atomic mass is 10.1. The highest BCUT2D eigenvalue weighted by Crippen LogP contribution is 2.31. The first-order valence-corrected chi connectivity index (χ1v) is 11.2. The van der Waals surface area contributed by atoms with Gasteiger partial charge in [0.25, 0.3) is 0 Å². The molecule has 1 aliphatic heterocycles. The van der Waals surface area contributed by atoms with Crippen molar-refractivity contribution in [3.05, 3.63) is 45.4 Å². The van der Waals surface area contributed by atoms with Crippen molar-refractivity contribution >= 4 is 29.0 Å². The number of ether oxygens (including phenoxy) is 1. The molecular weight excluding hydrogens is 398 g/mol. The molecule has 0 amide bonds. The Bertz CT molecular complexity index is 911. The van der Waals surface area contributed by atoms with Crippen LogP contribution in [0, 0.1) is 6.92 Å². The van der Waals surface area contributed by atoms with E-state index in [1.807, 2.05) is 13.8 Å². The second-order valence-electron chi connectivity index (χ2n) is 7.43. The number of carbonyl (C=O) groups excluding carboxylic acids is 1. The number of rotatable bonds is 7.